The van der Waals surface area contributed by atoms with Crippen molar-refractivity contribution in [2.45, 2.75) is 45.8 Å². The van der Waals surface area contributed by atoms with Crippen LogP contribution in [0.15, 0.2) is 24.3 Å². The average molecular weight is 442 g/mol. The molecule has 3 atom stereocenters. The van der Waals surface area contributed by atoms with Gasteiger partial charge in [-0.1, -0.05) is 26.8 Å². The second-order valence-electron chi connectivity index (χ2n) is 7.54. The SMILES string of the molecule is CCCN(CC(=O)Nc1cccc(I)c1)[C@@H]1[C@@H]2CCO[C@@H]2C1(C)C. The van der Waals surface area contributed by atoms with E-state index in [1.165, 1.54) is 0 Å². The highest BCUT2D eigenvalue weighted by Crippen LogP contribution is 2.54. The van der Waals surface area contributed by atoms with Crippen molar-refractivity contribution in [2.24, 2.45) is 11.3 Å². The van der Waals surface area contributed by atoms with Crippen LogP contribution in [-0.2, 0) is 9.53 Å². The number of nitrogens with one attached hydrogen (secondary N) is 1. The van der Waals surface area contributed by atoms with Gasteiger partial charge in [0.15, 0.2) is 0 Å². The number of benzene rings is 1. The van der Waals surface area contributed by atoms with E-state index < -0.39 is 0 Å². The molecule has 4 nitrogen and oxygen atoms in total. The van der Waals surface area contributed by atoms with E-state index in [-0.39, 0.29) is 11.3 Å². The molecule has 0 radical (unpaired) electrons. The number of nitrogens with zero attached hydrogens (tertiary/aromatic N) is 1. The van der Waals surface area contributed by atoms with Crippen LogP contribution in [0.25, 0.3) is 0 Å². The molecule has 132 valence electrons. The van der Waals surface area contributed by atoms with Crippen LogP contribution in [0.2, 0.25) is 0 Å². The van der Waals surface area contributed by atoms with Gasteiger partial charge in [0.1, 0.15) is 0 Å². The molecule has 2 fully saturated rings. The van der Waals surface area contributed by atoms with Crippen molar-refractivity contribution >= 4 is 34.2 Å². The molecule has 24 heavy (non-hydrogen) atoms. The zero-order valence-electron chi connectivity index (χ0n) is 14.7. The summed E-state index contributed by atoms with van der Waals surface area (Å²) in [6.07, 6.45) is 2.54. The predicted molar refractivity (Wildman–Crippen MR) is 105 cm³/mol. The Labute approximate surface area is 158 Å². The Hall–Kier alpha value is -0.660. The number of hydrogen-bond donors (Lipinski definition) is 1. The summed E-state index contributed by atoms with van der Waals surface area (Å²) in [6.45, 7) is 9.02. The maximum atomic E-state index is 12.6. The molecule has 0 aromatic heterocycles. The van der Waals surface area contributed by atoms with Crippen LogP contribution in [0.1, 0.15) is 33.6 Å². The number of rotatable bonds is 6. The van der Waals surface area contributed by atoms with Gasteiger partial charge in [-0.2, -0.15) is 0 Å². The van der Waals surface area contributed by atoms with Crippen molar-refractivity contribution in [2.75, 3.05) is 25.0 Å². The van der Waals surface area contributed by atoms with Gasteiger partial charge < -0.3 is 10.1 Å². The highest BCUT2D eigenvalue weighted by atomic mass is 127. The van der Waals surface area contributed by atoms with Crippen LogP contribution >= 0.6 is 22.6 Å². The van der Waals surface area contributed by atoms with E-state index in [4.69, 9.17) is 4.74 Å². The topological polar surface area (TPSA) is 41.6 Å². The van der Waals surface area contributed by atoms with Gasteiger partial charge in [0.2, 0.25) is 5.91 Å². The number of ether oxygens (including phenoxy) is 1. The lowest BCUT2D eigenvalue weighted by atomic mass is 9.56. The van der Waals surface area contributed by atoms with Crippen LogP contribution < -0.4 is 5.32 Å². The van der Waals surface area contributed by atoms with Gasteiger partial charge >= 0.3 is 0 Å². The minimum absolute atomic E-state index is 0.0728. The molecular formula is C19H27IN2O2. The minimum atomic E-state index is 0.0728. The summed E-state index contributed by atoms with van der Waals surface area (Å²) in [4.78, 5) is 14.9. The summed E-state index contributed by atoms with van der Waals surface area (Å²) in [5.74, 6) is 0.653. The first kappa shape index (κ1) is 18.1. The van der Waals surface area contributed by atoms with Gasteiger partial charge in [-0.15, -0.1) is 0 Å². The third-order valence-electron chi connectivity index (χ3n) is 5.40. The first-order valence-corrected chi connectivity index (χ1v) is 9.92. The van der Waals surface area contributed by atoms with Gasteiger partial charge in [0.05, 0.1) is 12.6 Å². The first-order valence-electron chi connectivity index (χ1n) is 8.84. The third-order valence-corrected chi connectivity index (χ3v) is 6.07. The molecular weight excluding hydrogens is 415 g/mol. The van der Waals surface area contributed by atoms with E-state index in [0.717, 1.165) is 35.3 Å². The molecule has 1 saturated heterocycles. The molecule has 3 rings (SSSR count). The molecule has 1 N–H and O–H groups in total. The number of anilines is 1. The molecule has 1 aromatic rings. The maximum Gasteiger partial charge on any atom is 0.238 e. The Kier molecular flexibility index (Phi) is 5.52. The number of hydrogen-bond acceptors (Lipinski definition) is 3. The Bertz CT molecular complexity index is 605. The van der Waals surface area contributed by atoms with Crippen LogP contribution in [0, 0.1) is 14.9 Å². The lowest BCUT2D eigenvalue weighted by Gasteiger charge is -2.58. The molecule has 0 spiro atoms. The van der Waals surface area contributed by atoms with Gasteiger partial charge in [-0.25, -0.2) is 0 Å². The Morgan fingerprint density at radius 1 is 1.46 bits per heavy atom. The number of fused-ring (bicyclic) bond motifs is 1. The lowest BCUT2D eigenvalue weighted by Crippen LogP contribution is -2.67. The second kappa shape index (κ2) is 7.30. The Morgan fingerprint density at radius 3 is 2.96 bits per heavy atom. The molecule has 1 aromatic carbocycles. The summed E-state index contributed by atoms with van der Waals surface area (Å²) in [5, 5.41) is 3.05. The smallest absolute Gasteiger partial charge is 0.238 e. The van der Waals surface area contributed by atoms with E-state index in [1.807, 2.05) is 24.3 Å². The molecule has 0 bridgehead atoms. The van der Waals surface area contributed by atoms with Crippen molar-refractivity contribution < 1.29 is 9.53 Å². The summed E-state index contributed by atoms with van der Waals surface area (Å²) >= 11 is 2.26. The van der Waals surface area contributed by atoms with E-state index in [0.29, 0.717) is 24.6 Å². The molecule has 2 aliphatic rings. The molecule has 1 heterocycles. The Morgan fingerprint density at radius 2 is 2.25 bits per heavy atom. The van der Waals surface area contributed by atoms with E-state index in [1.54, 1.807) is 0 Å². The molecule has 1 aliphatic carbocycles. The zero-order chi connectivity index (χ0) is 17.3. The summed E-state index contributed by atoms with van der Waals surface area (Å²) in [7, 11) is 0. The van der Waals surface area contributed by atoms with E-state index >= 15 is 0 Å². The highest BCUT2D eigenvalue weighted by molar-refractivity contribution is 14.1. The van der Waals surface area contributed by atoms with Gasteiger partial charge in [0.25, 0.3) is 0 Å². The number of carbonyl (C=O) groups is 1. The summed E-state index contributed by atoms with van der Waals surface area (Å²) < 4.78 is 7.04. The van der Waals surface area contributed by atoms with E-state index in [9.17, 15) is 4.79 Å². The van der Waals surface area contributed by atoms with E-state index in [2.05, 4.69) is 53.6 Å². The minimum Gasteiger partial charge on any atom is -0.377 e. The number of amides is 1. The van der Waals surface area contributed by atoms with Gasteiger partial charge in [0, 0.05) is 33.2 Å². The van der Waals surface area contributed by atoms with Crippen LogP contribution in [-0.4, -0.2) is 42.6 Å². The predicted octanol–water partition coefficient (Wildman–Crippen LogP) is 3.76. The van der Waals surface area contributed by atoms with Crippen LogP contribution in [0.3, 0.4) is 0 Å². The van der Waals surface area contributed by atoms with Gasteiger partial charge in [-0.05, 0) is 60.2 Å². The van der Waals surface area contributed by atoms with Crippen molar-refractivity contribution in [3.8, 4) is 0 Å². The van der Waals surface area contributed by atoms with Gasteiger partial charge in [-0.3, -0.25) is 9.69 Å². The second-order valence-corrected chi connectivity index (χ2v) is 8.78. The van der Waals surface area contributed by atoms with Crippen molar-refractivity contribution in [3.05, 3.63) is 27.8 Å². The quantitative estimate of drug-likeness (QED) is 0.683. The molecule has 1 aliphatic heterocycles. The number of halogens is 1. The first-order chi connectivity index (χ1) is 11.4. The molecule has 1 amide bonds. The van der Waals surface area contributed by atoms with Crippen molar-refractivity contribution in [1.82, 2.24) is 4.90 Å². The molecule has 1 saturated carbocycles. The Balaban J connectivity index is 1.67. The standard InChI is InChI=1S/C19H27IN2O2/c1-4-9-22(17-15-8-10-24-18(15)19(17,2)3)12-16(23)21-14-7-5-6-13(20)11-14/h5-7,11,15,17-18H,4,8-10,12H2,1-3H3,(H,21,23)/t15-,17+,18-/m0/s1. The fourth-order valence-corrected chi connectivity index (χ4v) is 5.14. The van der Waals surface area contributed by atoms with Crippen molar-refractivity contribution in [3.63, 3.8) is 0 Å². The maximum absolute atomic E-state index is 12.6. The van der Waals surface area contributed by atoms with Crippen molar-refractivity contribution in [1.29, 1.82) is 0 Å². The number of carbonyl (C=O) groups excluding carboxylic acids is 1. The normalized spacial score (nSPS) is 27.6. The zero-order valence-corrected chi connectivity index (χ0v) is 16.9. The largest absolute Gasteiger partial charge is 0.377 e. The third kappa shape index (κ3) is 3.48. The summed E-state index contributed by atoms with van der Waals surface area (Å²) in [6, 6.07) is 8.37. The fourth-order valence-electron chi connectivity index (χ4n) is 4.59. The van der Waals surface area contributed by atoms with Crippen LogP contribution in [0.5, 0.6) is 0 Å². The monoisotopic (exact) mass is 442 g/mol. The molecule has 5 heteroatoms. The fraction of sp³-hybridized carbons (Fsp3) is 0.632. The van der Waals surface area contributed by atoms with Crippen LogP contribution in [0.4, 0.5) is 5.69 Å². The highest BCUT2D eigenvalue weighted by Gasteiger charge is 2.61. The summed E-state index contributed by atoms with van der Waals surface area (Å²) in [5.41, 5.74) is 0.997. The molecule has 0 unspecified atom stereocenters. The lowest BCUT2D eigenvalue weighted by molar-refractivity contribution is -0.158. The average Bonchev–Trinajstić information content (AvgIpc) is 2.93.